The number of nitrogens with zero attached hydrogens (tertiary/aromatic N) is 2. The van der Waals surface area contributed by atoms with Gasteiger partial charge in [0.1, 0.15) is 5.52 Å². The molecule has 0 unspecified atom stereocenters. The van der Waals surface area contributed by atoms with E-state index in [9.17, 15) is 0 Å². The fourth-order valence-electron chi connectivity index (χ4n) is 1.65. The summed E-state index contributed by atoms with van der Waals surface area (Å²) in [6, 6.07) is 9.77. The van der Waals surface area contributed by atoms with Crippen LogP contribution < -0.4 is 0 Å². The predicted molar refractivity (Wildman–Crippen MR) is 62.0 cm³/mol. The Bertz CT molecular complexity index is 629. The van der Waals surface area contributed by atoms with E-state index in [2.05, 4.69) is 9.97 Å². The molecule has 16 heavy (non-hydrogen) atoms. The minimum Gasteiger partial charge on any atom is -0.436 e. The average Bonchev–Trinajstić information content (AvgIpc) is 2.73. The summed E-state index contributed by atoms with van der Waals surface area (Å²) in [6.45, 7) is 2.04. The van der Waals surface area contributed by atoms with Crippen LogP contribution in [0.1, 0.15) is 5.56 Å². The van der Waals surface area contributed by atoms with Crippen molar-refractivity contribution in [3.8, 4) is 11.5 Å². The molecule has 0 atom stereocenters. The Hall–Kier alpha value is -2.16. The van der Waals surface area contributed by atoms with E-state index < -0.39 is 0 Å². The fourth-order valence-corrected chi connectivity index (χ4v) is 1.65. The first kappa shape index (κ1) is 9.09. The number of hydrogen-bond acceptors (Lipinski definition) is 3. The van der Waals surface area contributed by atoms with E-state index in [0.717, 1.165) is 16.7 Å². The third-order valence-electron chi connectivity index (χ3n) is 2.47. The molecule has 0 aliphatic heterocycles. The molecule has 1 aromatic carbocycles. The number of aryl methyl sites for hydroxylation is 1. The number of oxazole rings is 1. The summed E-state index contributed by atoms with van der Waals surface area (Å²) in [4.78, 5) is 8.40. The van der Waals surface area contributed by atoms with Gasteiger partial charge in [-0.15, -0.1) is 0 Å². The summed E-state index contributed by atoms with van der Waals surface area (Å²) in [7, 11) is 0. The van der Waals surface area contributed by atoms with Crippen molar-refractivity contribution in [1.29, 1.82) is 0 Å². The Morgan fingerprint density at radius 1 is 1.06 bits per heavy atom. The Morgan fingerprint density at radius 2 is 1.88 bits per heavy atom. The SMILES string of the molecule is Cc1ccc2nc(-c3ccncc3)oc2c1. The summed E-state index contributed by atoms with van der Waals surface area (Å²) in [6.07, 6.45) is 3.46. The topological polar surface area (TPSA) is 38.9 Å². The van der Waals surface area contributed by atoms with Crippen molar-refractivity contribution in [2.24, 2.45) is 0 Å². The van der Waals surface area contributed by atoms with E-state index >= 15 is 0 Å². The van der Waals surface area contributed by atoms with Gasteiger partial charge >= 0.3 is 0 Å². The molecular weight excluding hydrogens is 200 g/mol. The zero-order valence-electron chi connectivity index (χ0n) is 8.84. The lowest BCUT2D eigenvalue weighted by atomic mass is 10.2. The smallest absolute Gasteiger partial charge is 0.227 e. The van der Waals surface area contributed by atoms with Gasteiger partial charge in [-0.2, -0.15) is 0 Å². The predicted octanol–water partition coefficient (Wildman–Crippen LogP) is 3.20. The molecule has 2 heterocycles. The van der Waals surface area contributed by atoms with Crippen LogP contribution in [0.4, 0.5) is 0 Å². The fraction of sp³-hybridized carbons (Fsp3) is 0.0769. The first-order chi connectivity index (χ1) is 7.83. The van der Waals surface area contributed by atoms with Gasteiger partial charge in [0.25, 0.3) is 0 Å². The van der Waals surface area contributed by atoms with E-state index in [1.807, 2.05) is 37.3 Å². The van der Waals surface area contributed by atoms with Crippen LogP contribution >= 0.6 is 0 Å². The lowest BCUT2D eigenvalue weighted by Gasteiger charge is -1.91. The van der Waals surface area contributed by atoms with Crippen LogP contribution in [-0.2, 0) is 0 Å². The normalized spacial score (nSPS) is 10.8. The summed E-state index contributed by atoms with van der Waals surface area (Å²) in [5.74, 6) is 0.642. The molecule has 0 aliphatic rings. The number of pyridine rings is 1. The minimum atomic E-state index is 0.642. The summed E-state index contributed by atoms with van der Waals surface area (Å²) in [5, 5.41) is 0. The van der Waals surface area contributed by atoms with Crippen molar-refractivity contribution in [3.63, 3.8) is 0 Å². The molecular formula is C13H10N2O. The highest BCUT2D eigenvalue weighted by molar-refractivity contribution is 5.76. The molecule has 0 spiro atoms. The lowest BCUT2D eigenvalue weighted by molar-refractivity contribution is 0.619. The zero-order chi connectivity index (χ0) is 11.0. The molecule has 0 bridgehead atoms. The van der Waals surface area contributed by atoms with Gasteiger partial charge in [0, 0.05) is 18.0 Å². The van der Waals surface area contributed by atoms with E-state index in [-0.39, 0.29) is 0 Å². The first-order valence-corrected chi connectivity index (χ1v) is 5.10. The Kier molecular flexibility index (Phi) is 1.96. The van der Waals surface area contributed by atoms with Crippen LogP contribution in [0.3, 0.4) is 0 Å². The lowest BCUT2D eigenvalue weighted by Crippen LogP contribution is -1.76. The number of benzene rings is 1. The Labute approximate surface area is 92.8 Å². The second-order valence-electron chi connectivity index (χ2n) is 3.73. The quantitative estimate of drug-likeness (QED) is 0.619. The molecule has 0 fully saturated rings. The van der Waals surface area contributed by atoms with E-state index in [4.69, 9.17) is 4.42 Å². The number of aromatic nitrogens is 2. The summed E-state index contributed by atoms with van der Waals surface area (Å²) < 4.78 is 5.70. The molecule has 3 heteroatoms. The second-order valence-corrected chi connectivity index (χ2v) is 3.73. The van der Waals surface area contributed by atoms with Crippen LogP contribution in [0, 0.1) is 6.92 Å². The number of rotatable bonds is 1. The van der Waals surface area contributed by atoms with Crippen LogP contribution in [0.5, 0.6) is 0 Å². The van der Waals surface area contributed by atoms with Gasteiger partial charge in [0.2, 0.25) is 5.89 Å². The molecule has 3 nitrogen and oxygen atoms in total. The molecule has 78 valence electrons. The van der Waals surface area contributed by atoms with Gasteiger partial charge < -0.3 is 4.42 Å². The van der Waals surface area contributed by atoms with E-state index in [0.29, 0.717) is 5.89 Å². The number of fused-ring (bicyclic) bond motifs is 1. The molecule has 0 radical (unpaired) electrons. The van der Waals surface area contributed by atoms with Gasteiger partial charge in [-0.1, -0.05) is 6.07 Å². The van der Waals surface area contributed by atoms with E-state index in [1.54, 1.807) is 12.4 Å². The Morgan fingerprint density at radius 3 is 2.69 bits per heavy atom. The molecule has 3 aromatic rings. The molecule has 0 aliphatic carbocycles. The van der Waals surface area contributed by atoms with Crippen molar-refractivity contribution >= 4 is 11.1 Å². The zero-order valence-corrected chi connectivity index (χ0v) is 8.84. The van der Waals surface area contributed by atoms with Crippen LogP contribution in [0.15, 0.2) is 47.1 Å². The molecule has 0 amide bonds. The van der Waals surface area contributed by atoms with Crippen LogP contribution in [0.25, 0.3) is 22.6 Å². The monoisotopic (exact) mass is 210 g/mol. The van der Waals surface area contributed by atoms with Crippen molar-refractivity contribution in [2.75, 3.05) is 0 Å². The van der Waals surface area contributed by atoms with E-state index in [1.165, 1.54) is 5.56 Å². The molecule has 0 N–H and O–H groups in total. The summed E-state index contributed by atoms with van der Waals surface area (Å²) >= 11 is 0. The highest BCUT2D eigenvalue weighted by atomic mass is 16.3. The highest BCUT2D eigenvalue weighted by Gasteiger charge is 2.07. The largest absolute Gasteiger partial charge is 0.436 e. The maximum absolute atomic E-state index is 5.70. The highest BCUT2D eigenvalue weighted by Crippen LogP contribution is 2.24. The maximum atomic E-state index is 5.70. The maximum Gasteiger partial charge on any atom is 0.227 e. The third-order valence-corrected chi connectivity index (χ3v) is 2.47. The molecule has 0 saturated carbocycles. The summed E-state index contributed by atoms with van der Waals surface area (Å²) in [5.41, 5.74) is 3.83. The standard InChI is InChI=1S/C13H10N2O/c1-9-2-3-11-12(8-9)16-13(15-11)10-4-6-14-7-5-10/h2-8H,1H3. The molecule has 3 rings (SSSR count). The molecule has 2 aromatic heterocycles. The Balaban J connectivity index is 2.19. The van der Waals surface area contributed by atoms with Crippen LogP contribution in [-0.4, -0.2) is 9.97 Å². The van der Waals surface area contributed by atoms with Gasteiger partial charge in [0.05, 0.1) is 0 Å². The number of hydrogen-bond donors (Lipinski definition) is 0. The average molecular weight is 210 g/mol. The van der Waals surface area contributed by atoms with Crippen LogP contribution in [0.2, 0.25) is 0 Å². The van der Waals surface area contributed by atoms with Gasteiger partial charge in [-0.25, -0.2) is 4.98 Å². The van der Waals surface area contributed by atoms with Crippen molar-refractivity contribution in [2.45, 2.75) is 6.92 Å². The molecule has 0 saturated heterocycles. The van der Waals surface area contributed by atoms with Crippen molar-refractivity contribution < 1.29 is 4.42 Å². The van der Waals surface area contributed by atoms with Crippen molar-refractivity contribution in [3.05, 3.63) is 48.3 Å². The van der Waals surface area contributed by atoms with Gasteiger partial charge in [-0.3, -0.25) is 4.98 Å². The second kappa shape index (κ2) is 3.45. The first-order valence-electron chi connectivity index (χ1n) is 5.10. The van der Waals surface area contributed by atoms with Gasteiger partial charge in [0.15, 0.2) is 5.58 Å². The van der Waals surface area contributed by atoms with Crippen molar-refractivity contribution in [1.82, 2.24) is 9.97 Å². The minimum absolute atomic E-state index is 0.642. The van der Waals surface area contributed by atoms with Gasteiger partial charge in [-0.05, 0) is 36.8 Å². The third kappa shape index (κ3) is 1.46.